The Kier molecular flexibility index (Phi) is 6.42. The van der Waals surface area contributed by atoms with Crippen molar-refractivity contribution >= 4 is 23.6 Å². The molecule has 0 saturated heterocycles. The molecule has 0 saturated carbocycles. The van der Waals surface area contributed by atoms with Crippen molar-refractivity contribution < 1.29 is 4.79 Å². The van der Waals surface area contributed by atoms with Gasteiger partial charge in [-0.15, -0.1) is 11.8 Å². The summed E-state index contributed by atoms with van der Waals surface area (Å²) in [6.45, 7) is 8.58. The van der Waals surface area contributed by atoms with Crippen molar-refractivity contribution in [2.75, 3.05) is 12.0 Å². The Bertz CT molecular complexity index is 746. The molecule has 1 aromatic carbocycles. The number of carbonyl (C=O) groups excluding carboxylic acids is 1. The highest BCUT2D eigenvalue weighted by atomic mass is 32.2. The van der Waals surface area contributed by atoms with Crippen LogP contribution in [0.3, 0.4) is 0 Å². The fourth-order valence-corrected chi connectivity index (χ4v) is 2.98. The fourth-order valence-electron chi connectivity index (χ4n) is 2.49. The van der Waals surface area contributed by atoms with Crippen LogP contribution in [0.15, 0.2) is 35.2 Å². The van der Waals surface area contributed by atoms with Gasteiger partial charge in [0.05, 0.1) is 0 Å². The standard InChI is InChI=1S/C19H26N4OS/c1-12(2)16-10-17(22-19(20)21-16)18(24)23(13(3)4)11-14-7-6-8-15(9-14)25-5/h6-10,12-13H,11H2,1-5H3,(H2,20,21,22). The molecular weight excluding hydrogens is 332 g/mol. The average Bonchev–Trinajstić information content (AvgIpc) is 2.58. The van der Waals surface area contributed by atoms with Gasteiger partial charge in [-0.25, -0.2) is 9.97 Å². The second-order valence-electron chi connectivity index (χ2n) is 6.57. The lowest BCUT2D eigenvalue weighted by Crippen LogP contribution is -2.37. The molecule has 2 rings (SSSR count). The lowest BCUT2D eigenvalue weighted by molar-refractivity contribution is 0.0684. The van der Waals surface area contributed by atoms with E-state index in [1.807, 2.05) is 51.0 Å². The predicted molar refractivity (Wildman–Crippen MR) is 104 cm³/mol. The molecule has 25 heavy (non-hydrogen) atoms. The van der Waals surface area contributed by atoms with Crippen molar-refractivity contribution in [3.63, 3.8) is 0 Å². The quantitative estimate of drug-likeness (QED) is 0.792. The number of nitrogens with two attached hydrogens (primary N) is 1. The molecule has 1 aromatic heterocycles. The second kappa shape index (κ2) is 8.34. The molecule has 6 heteroatoms. The molecule has 0 spiro atoms. The highest BCUT2D eigenvalue weighted by molar-refractivity contribution is 7.98. The molecule has 134 valence electrons. The summed E-state index contributed by atoms with van der Waals surface area (Å²) < 4.78 is 0. The summed E-state index contributed by atoms with van der Waals surface area (Å²) in [4.78, 5) is 24.4. The second-order valence-corrected chi connectivity index (χ2v) is 7.45. The van der Waals surface area contributed by atoms with E-state index in [9.17, 15) is 4.79 Å². The largest absolute Gasteiger partial charge is 0.368 e. The van der Waals surface area contributed by atoms with Gasteiger partial charge in [0.15, 0.2) is 0 Å². The highest BCUT2D eigenvalue weighted by Gasteiger charge is 2.22. The Morgan fingerprint density at radius 1 is 1.20 bits per heavy atom. The molecule has 2 N–H and O–H groups in total. The molecule has 0 aliphatic carbocycles. The number of nitrogens with zero attached hydrogens (tertiary/aromatic N) is 3. The molecule has 2 aromatic rings. The van der Waals surface area contributed by atoms with E-state index in [4.69, 9.17) is 5.73 Å². The molecule has 1 amide bonds. The summed E-state index contributed by atoms with van der Waals surface area (Å²) in [6.07, 6.45) is 2.04. The first-order valence-corrected chi connectivity index (χ1v) is 9.62. The van der Waals surface area contributed by atoms with Crippen LogP contribution in [0.25, 0.3) is 0 Å². The number of carbonyl (C=O) groups is 1. The summed E-state index contributed by atoms with van der Waals surface area (Å²) >= 11 is 1.69. The zero-order chi connectivity index (χ0) is 18.6. The van der Waals surface area contributed by atoms with E-state index in [0.717, 1.165) is 11.3 Å². The van der Waals surface area contributed by atoms with Crippen LogP contribution in [-0.2, 0) is 6.54 Å². The van der Waals surface area contributed by atoms with E-state index in [-0.39, 0.29) is 23.8 Å². The van der Waals surface area contributed by atoms with Gasteiger partial charge in [-0.2, -0.15) is 0 Å². The lowest BCUT2D eigenvalue weighted by Gasteiger charge is -2.27. The molecule has 5 nitrogen and oxygen atoms in total. The number of hydrogen-bond donors (Lipinski definition) is 1. The van der Waals surface area contributed by atoms with Gasteiger partial charge in [-0.05, 0) is 49.8 Å². The number of hydrogen-bond acceptors (Lipinski definition) is 5. The molecule has 0 aliphatic rings. The minimum absolute atomic E-state index is 0.0455. The Morgan fingerprint density at radius 2 is 1.92 bits per heavy atom. The normalized spacial score (nSPS) is 11.2. The Labute approximate surface area is 154 Å². The summed E-state index contributed by atoms with van der Waals surface area (Å²) in [5.74, 6) is 0.200. The van der Waals surface area contributed by atoms with Crippen LogP contribution in [0, 0.1) is 0 Å². The number of aromatic nitrogens is 2. The van der Waals surface area contributed by atoms with Crippen LogP contribution < -0.4 is 5.73 Å². The van der Waals surface area contributed by atoms with Crippen molar-refractivity contribution in [2.45, 2.75) is 51.1 Å². The number of nitrogen functional groups attached to an aromatic ring is 1. The van der Waals surface area contributed by atoms with E-state index in [1.165, 1.54) is 4.90 Å². The number of benzene rings is 1. The summed E-state index contributed by atoms with van der Waals surface area (Å²) in [5, 5.41) is 0. The maximum absolute atomic E-state index is 13.0. The Balaban J connectivity index is 2.32. The monoisotopic (exact) mass is 358 g/mol. The Hall–Kier alpha value is -2.08. The van der Waals surface area contributed by atoms with Gasteiger partial charge in [0.2, 0.25) is 5.95 Å². The molecular formula is C19H26N4OS. The van der Waals surface area contributed by atoms with E-state index >= 15 is 0 Å². The van der Waals surface area contributed by atoms with E-state index in [1.54, 1.807) is 17.8 Å². The van der Waals surface area contributed by atoms with E-state index < -0.39 is 0 Å². The van der Waals surface area contributed by atoms with Crippen LogP contribution in [0.4, 0.5) is 5.95 Å². The summed E-state index contributed by atoms with van der Waals surface area (Å²) in [7, 11) is 0. The zero-order valence-corrected chi connectivity index (χ0v) is 16.3. The van der Waals surface area contributed by atoms with Crippen molar-refractivity contribution in [2.24, 2.45) is 0 Å². The Morgan fingerprint density at radius 3 is 2.52 bits per heavy atom. The fraction of sp³-hybridized carbons (Fsp3) is 0.421. The summed E-state index contributed by atoms with van der Waals surface area (Å²) in [5.41, 5.74) is 8.04. The molecule has 0 radical (unpaired) electrons. The molecule has 0 unspecified atom stereocenters. The number of rotatable bonds is 6. The lowest BCUT2D eigenvalue weighted by atomic mass is 10.1. The molecule has 0 atom stereocenters. The molecule has 0 fully saturated rings. The first-order chi connectivity index (χ1) is 11.8. The van der Waals surface area contributed by atoms with Crippen molar-refractivity contribution in [1.29, 1.82) is 0 Å². The van der Waals surface area contributed by atoms with Gasteiger partial charge in [0, 0.05) is 23.2 Å². The van der Waals surface area contributed by atoms with Gasteiger partial charge >= 0.3 is 0 Å². The first-order valence-electron chi connectivity index (χ1n) is 8.40. The maximum Gasteiger partial charge on any atom is 0.273 e. The highest BCUT2D eigenvalue weighted by Crippen LogP contribution is 2.20. The third-order valence-corrected chi connectivity index (χ3v) is 4.67. The minimum Gasteiger partial charge on any atom is -0.368 e. The molecule has 0 aliphatic heterocycles. The minimum atomic E-state index is -0.124. The van der Waals surface area contributed by atoms with Gasteiger partial charge in [-0.1, -0.05) is 26.0 Å². The van der Waals surface area contributed by atoms with Gasteiger partial charge in [0.25, 0.3) is 5.91 Å². The number of anilines is 1. The third kappa shape index (κ3) is 4.95. The third-order valence-electron chi connectivity index (χ3n) is 3.95. The van der Waals surface area contributed by atoms with Crippen LogP contribution in [0.1, 0.15) is 55.4 Å². The van der Waals surface area contributed by atoms with Gasteiger partial charge in [-0.3, -0.25) is 4.79 Å². The average molecular weight is 359 g/mol. The van der Waals surface area contributed by atoms with Crippen LogP contribution >= 0.6 is 11.8 Å². The number of amides is 1. The molecule has 0 bridgehead atoms. The van der Waals surface area contributed by atoms with Crippen molar-refractivity contribution in [3.05, 3.63) is 47.3 Å². The number of thioether (sulfide) groups is 1. The van der Waals surface area contributed by atoms with Crippen LogP contribution in [0.5, 0.6) is 0 Å². The molecule has 1 heterocycles. The van der Waals surface area contributed by atoms with E-state index in [2.05, 4.69) is 22.1 Å². The van der Waals surface area contributed by atoms with Crippen LogP contribution in [0.2, 0.25) is 0 Å². The summed E-state index contributed by atoms with van der Waals surface area (Å²) in [6, 6.07) is 10.0. The van der Waals surface area contributed by atoms with Crippen molar-refractivity contribution in [3.8, 4) is 0 Å². The topological polar surface area (TPSA) is 72.1 Å². The van der Waals surface area contributed by atoms with Crippen LogP contribution in [-0.4, -0.2) is 33.1 Å². The van der Waals surface area contributed by atoms with Gasteiger partial charge < -0.3 is 10.6 Å². The van der Waals surface area contributed by atoms with E-state index in [0.29, 0.717) is 12.2 Å². The smallest absolute Gasteiger partial charge is 0.273 e. The zero-order valence-electron chi connectivity index (χ0n) is 15.5. The van der Waals surface area contributed by atoms with Crippen molar-refractivity contribution in [1.82, 2.24) is 14.9 Å². The SMILES string of the molecule is CSc1cccc(CN(C(=O)c2cc(C(C)C)nc(N)n2)C(C)C)c1. The first kappa shape index (κ1) is 19.2. The predicted octanol–water partition coefficient (Wildman–Crippen LogP) is 3.95. The maximum atomic E-state index is 13.0. The van der Waals surface area contributed by atoms with Gasteiger partial charge in [0.1, 0.15) is 5.69 Å².